The summed E-state index contributed by atoms with van der Waals surface area (Å²) in [7, 11) is -3.64. The van der Waals surface area contributed by atoms with Gasteiger partial charge >= 0.3 is 0 Å². The summed E-state index contributed by atoms with van der Waals surface area (Å²) in [5, 5.41) is 2.65. The second-order valence-corrected chi connectivity index (χ2v) is 7.65. The predicted molar refractivity (Wildman–Crippen MR) is 92.3 cm³/mol. The third kappa shape index (κ3) is 4.43. The molecule has 1 aromatic carbocycles. The van der Waals surface area contributed by atoms with Crippen LogP contribution in [0.15, 0.2) is 41.8 Å². The van der Waals surface area contributed by atoms with E-state index in [1.54, 1.807) is 18.2 Å². The number of carbonyl (C=O) groups is 1. The summed E-state index contributed by atoms with van der Waals surface area (Å²) < 4.78 is 32.5. The SMILES string of the molecule is C=CCNC(=O)c1cccc(S(=O)(=O)N(CC)CC2CCOC2)c1. The number of hydrogen-bond donors (Lipinski definition) is 1. The molecule has 1 aliphatic heterocycles. The molecule has 0 spiro atoms. The highest BCUT2D eigenvalue weighted by Crippen LogP contribution is 2.21. The van der Waals surface area contributed by atoms with Crippen LogP contribution in [0.3, 0.4) is 0 Å². The van der Waals surface area contributed by atoms with E-state index in [0.29, 0.717) is 38.4 Å². The van der Waals surface area contributed by atoms with Gasteiger partial charge in [-0.3, -0.25) is 4.79 Å². The largest absolute Gasteiger partial charge is 0.381 e. The van der Waals surface area contributed by atoms with Crippen molar-refractivity contribution < 1.29 is 17.9 Å². The second kappa shape index (κ2) is 8.41. The zero-order valence-electron chi connectivity index (χ0n) is 13.9. The molecule has 1 aromatic rings. The minimum Gasteiger partial charge on any atom is -0.381 e. The van der Waals surface area contributed by atoms with Gasteiger partial charge in [0.2, 0.25) is 10.0 Å². The third-order valence-corrected chi connectivity index (χ3v) is 5.92. The molecule has 1 amide bonds. The Morgan fingerprint density at radius 1 is 1.50 bits per heavy atom. The lowest BCUT2D eigenvalue weighted by atomic mass is 10.1. The van der Waals surface area contributed by atoms with Gasteiger partial charge in [0.05, 0.1) is 11.5 Å². The van der Waals surface area contributed by atoms with Crippen molar-refractivity contribution in [2.24, 2.45) is 5.92 Å². The molecule has 24 heavy (non-hydrogen) atoms. The monoisotopic (exact) mass is 352 g/mol. The summed E-state index contributed by atoms with van der Waals surface area (Å²) in [6.45, 7) is 7.78. The summed E-state index contributed by atoms with van der Waals surface area (Å²) >= 11 is 0. The maximum atomic E-state index is 12.9. The van der Waals surface area contributed by atoms with Crippen LogP contribution in [0.4, 0.5) is 0 Å². The van der Waals surface area contributed by atoms with Crippen molar-refractivity contribution in [3.05, 3.63) is 42.5 Å². The van der Waals surface area contributed by atoms with Crippen LogP contribution in [0.25, 0.3) is 0 Å². The number of benzene rings is 1. The molecule has 1 saturated heterocycles. The molecule has 7 heteroatoms. The average molecular weight is 352 g/mol. The molecule has 0 radical (unpaired) electrons. The van der Waals surface area contributed by atoms with Gasteiger partial charge in [-0.1, -0.05) is 19.1 Å². The van der Waals surface area contributed by atoms with Crippen molar-refractivity contribution in [2.75, 3.05) is 32.8 Å². The predicted octanol–water partition coefficient (Wildman–Crippen LogP) is 1.65. The molecule has 1 heterocycles. The molecule has 1 fully saturated rings. The van der Waals surface area contributed by atoms with Crippen molar-refractivity contribution in [1.29, 1.82) is 0 Å². The topological polar surface area (TPSA) is 75.7 Å². The van der Waals surface area contributed by atoms with Gasteiger partial charge in [-0.25, -0.2) is 8.42 Å². The van der Waals surface area contributed by atoms with Crippen molar-refractivity contribution in [3.8, 4) is 0 Å². The molecule has 1 unspecified atom stereocenters. The summed E-state index contributed by atoms with van der Waals surface area (Å²) in [4.78, 5) is 12.2. The highest BCUT2D eigenvalue weighted by atomic mass is 32.2. The van der Waals surface area contributed by atoms with Crippen molar-refractivity contribution >= 4 is 15.9 Å². The van der Waals surface area contributed by atoms with E-state index in [1.807, 2.05) is 6.92 Å². The van der Waals surface area contributed by atoms with E-state index in [9.17, 15) is 13.2 Å². The number of nitrogens with one attached hydrogen (secondary N) is 1. The van der Waals surface area contributed by atoms with Crippen LogP contribution >= 0.6 is 0 Å². The number of nitrogens with zero attached hydrogens (tertiary/aromatic N) is 1. The van der Waals surface area contributed by atoms with E-state index in [0.717, 1.165) is 6.42 Å². The fourth-order valence-electron chi connectivity index (χ4n) is 2.63. The standard InChI is InChI=1S/C17H24N2O4S/c1-3-9-18-17(20)15-6-5-7-16(11-15)24(21,22)19(4-2)12-14-8-10-23-13-14/h3,5-7,11,14H,1,4,8-10,12-13H2,2H3,(H,18,20). The quantitative estimate of drug-likeness (QED) is 0.722. The smallest absolute Gasteiger partial charge is 0.251 e. The van der Waals surface area contributed by atoms with Crippen molar-refractivity contribution in [1.82, 2.24) is 9.62 Å². The van der Waals surface area contributed by atoms with Crippen LogP contribution in [0.5, 0.6) is 0 Å². The molecule has 132 valence electrons. The van der Waals surface area contributed by atoms with Gasteiger partial charge in [0.15, 0.2) is 0 Å². The second-order valence-electron chi connectivity index (χ2n) is 5.71. The molecular weight excluding hydrogens is 328 g/mol. The van der Waals surface area contributed by atoms with Crippen molar-refractivity contribution in [2.45, 2.75) is 18.2 Å². The molecule has 0 saturated carbocycles. The Hall–Kier alpha value is -1.70. The first-order valence-corrected chi connectivity index (χ1v) is 9.50. The molecule has 1 aliphatic rings. The summed E-state index contributed by atoms with van der Waals surface area (Å²) in [6, 6.07) is 6.12. The van der Waals surface area contributed by atoms with Crippen LogP contribution in [0.2, 0.25) is 0 Å². The minimum absolute atomic E-state index is 0.134. The highest BCUT2D eigenvalue weighted by molar-refractivity contribution is 7.89. The first kappa shape index (κ1) is 18.6. The van der Waals surface area contributed by atoms with Crippen LogP contribution in [0.1, 0.15) is 23.7 Å². The van der Waals surface area contributed by atoms with Gasteiger partial charge < -0.3 is 10.1 Å². The minimum atomic E-state index is -3.64. The first-order chi connectivity index (χ1) is 11.5. The van der Waals surface area contributed by atoms with Gasteiger partial charge in [0, 0.05) is 31.8 Å². The lowest BCUT2D eigenvalue weighted by molar-refractivity contribution is 0.0958. The van der Waals surface area contributed by atoms with Gasteiger partial charge in [-0.05, 0) is 30.5 Å². The number of hydrogen-bond acceptors (Lipinski definition) is 4. The van der Waals surface area contributed by atoms with Crippen LogP contribution < -0.4 is 5.32 Å². The summed E-state index contributed by atoms with van der Waals surface area (Å²) in [6.07, 6.45) is 2.44. The van der Waals surface area contributed by atoms with E-state index >= 15 is 0 Å². The molecule has 0 aromatic heterocycles. The normalized spacial score (nSPS) is 17.8. The van der Waals surface area contributed by atoms with Crippen LogP contribution in [0, 0.1) is 5.92 Å². The first-order valence-electron chi connectivity index (χ1n) is 8.06. The molecule has 6 nitrogen and oxygen atoms in total. The van der Waals surface area contributed by atoms with Gasteiger partial charge in [-0.2, -0.15) is 4.31 Å². The summed E-state index contributed by atoms with van der Waals surface area (Å²) in [5.74, 6) is -0.0991. The number of amides is 1. The van der Waals surface area contributed by atoms with E-state index in [-0.39, 0.29) is 16.7 Å². The summed E-state index contributed by atoms with van der Waals surface area (Å²) in [5.41, 5.74) is 0.318. The Morgan fingerprint density at radius 2 is 2.29 bits per heavy atom. The van der Waals surface area contributed by atoms with E-state index in [2.05, 4.69) is 11.9 Å². The Labute approximate surface area is 143 Å². The molecular formula is C17H24N2O4S. The Bertz CT molecular complexity index is 682. The van der Waals surface area contributed by atoms with Crippen molar-refractivity contribution in [3.63, 3.8) is 0 Å². The number of carbonyl (C=O) groups excluding carboxylic acids is 1. The molecule has 0 aliphatic carbocycles. The molecule has 2 rings (SSSR count). The maximum Gasteiger partial charge on any atom is 0.251 e. The van der Waals surface area contributed by atoms with Crippen LogP contribution in [-0.2, 0) is 14.8 Å². The number of ether oxygens (including phenoxy) is 1. The molecule has 1 N–H and O–H groups in total. The van der Waals surface area contributed by atoms with Gasteiger partial charge in [0.25, 0.3) is 5.91 Å². The zero-order valence-corrected chi connectivity index (χ0v) is 14.7. The molecule has 0 bridgehead atoms. The van der Waals surface area contributed by atoms with E-state index in [1.165, 1.54) is 16.4 Å². The fourth-order valence-corrected chi connectivity index (χ4v) is 4.20. The Kier molecular flexibility index (Phi) is 6.53. The third-order valence-electron chi connectivity index (χ3n) is 3.98. The Balaban J connectivity index is 2.20. The fraction of sp³-hybridized carbons (Fsp3) is 0.471. The van der Waals surface area contributed by atoms with Gasteiger partial charge in [-0.15, -0.1) is 6.58 Å². The highest BCUT2D eigenvalue weighted by Gasteiger charge is 2.28. The van der Waals surface area contributed by atoms with E-state index < -0.39 is 10.0 Å². The van der Waals surface area contributed by atoms with E-state index in [4.69, 9.17) is 4.74 Å². The van der Waals surface area contributed by atoms with Crippen LogP contribution in [-0.4, -0.2) is 51.5 Å². The number of sulfonamides is 1. The Morgan fingerprint density at radius 3 is 2.92 bits per heavy atom. The number of rotatable bonds is 8. The lowest BCUT2D eigenvalue weighted by Gasteiger charge is -2.23. The lowest BCUT2D eigenvalue weighted by Crippen LogP contribution is -2.35. The average Bonchev–Trinajstić information content (AvgIpc) is 3.10. The molecule has 1 atom stereocenters. The zero-order chi connectivity index (χ0) is 17.6. The maximum absolute atomic E-state index is 12.9. The van der Waals surface area contributed by atoms with Gasteiger partial charge in [0.1, 0.15) is 0 Å².